The SMILES string of the molecule is COc1ccc(C(=O)O[C@H](C)C(=O)Nc2ccccc2C(C)C)c(O)c1. The summed E-state index contributed by atoms with van der Waals surface area (Å²) in [6, 6.07) is 11.7. The lowest BCUT2D eigenvalue weighted by Gasteiger charge is -2.17. The van der Waals surface area contributed by atoms with Gasteiger partial charge in [-0.25, -0.2) is 4.79 Å². The van der Waals surface area contributed by atoms with Crippen molar-refractivity contribution < 1.29 is 24.2 Å². The van der Waals surface area contributed by atoms with Crippen LogP contribution in [0.15, 0.2) is 42.5 Å². The maximum Gasteiger partial charge on any atom is 0.342 e. The molecule has 2 rings (SSSR count). The molecule has 0 fully saturated rings. The zero-order valence-electron chi connectivity index (χ0n) is 15.3. The molecule has 1 amide bonds. The Morgan fingerprint density at radius 1 is 1.08 bits per heavy atom. The van der Waals surface area contributed by atoms with Gasteiger partial charge in [0.1, 0.15) is 17.1 Å². The fourth-order valence-electron chi connectivity index (χ4n) is 2.44. The van der Waals surface area contributed by atoms with Crippen LogP contribution >= 0.6 is 0 Å². The molecule has 6 heteroatoms. The fraction of sp³-hybridized carbons (Fsp3) is 0.300. The highest BCUT2D eigenvalue weighted by atomic mass is 16.5. The highest BCUT2D eigenvalue weighted by Gasteiger charge is 2.22. The highest BCUT2D eigenvalue weighted by Crippen LogP contribution is 2.25. The molecule has 138 valence electrons. The summed E-state index contributed by atoms with van der Waals surface area (Å²) in [4.78, 5) is 24.6. The Balaban J connectivity index is 2.06. The first-order valence-corrected chi connectivity index (χ1v) is 8.31. The zero-order chi connectivity index (χ0) is 19.3. The van der Waals surface area contributed by atoms with Crippen LogP contribution in [0.5, 0.6) is 11.5 Å². The van der Waals surface area contributed by atoms with Crippen LogP contribution in [-0.4, -0.2) is 30.2 Å². The van der Waals surface area contributed by atoms with Crippen molar-refractivity contribution in [3.63, 3.8) is 0 Å². The Hall–Kier alpha value is -3.02. The Kier molecular flexibility index (Phi) is 6.22. The first kappa shape index (κ1) is 19.3. The van der Waals surface area contributed by atoms with E-state index < -0.39 is 18.0 Å². The molecule has 0 aliphatic heterocycles. The van der Waals surface area contributed by atoms with Gasteiger partial charge in [0.2, 0.25) is 0 Å². The zero-order valence-corrected chi connectivity index (χ0v) is 15.3. The number of amides is 1. The Labute approximate surface area is 152 Å². The summed E-state index contributed by atoms with van der Waals surface area (Å²) in [5.74, 6) is -0.854. The number of ether oxygens (including phenoxy) is 2. The number of hydrogen-bond donors (Lipinski definition) is 2. The number of phenolic OH excluding ortho intramolecular Hbond substituents is 1. The number of esters is 1. The highest BCUT2D eigenvalue weighted by molar-refractivity contribution is 5.98. The monoisotopic (exact) mass is 357 g/mol. The number of nitrogens with one attached hydrogen (secondary N) is 1. The molecule has 26 heavy (non-hydrogen) atoms. The molecular weight excluding hydrogens is 334 g/mol. The molecule has 0 spiro atoms. The minimum Gasteiger partial charge on any atom is -0.507 e. The minimum absolute atomic E-state index is 0.0342. The minimum atomic E-state index is -1.02. The van der Waals surface area contributed by atoms with Crippen LogP contribution < -0.4 is 10.1 Å². The van der Waals surface area contributed by atoms with E-state index in [1.54, 1.807) is 6.07 Å². The molecule has 2 aromatic rings. The molecule has 6 nitrogen and oxygen atoms in total. The standard InChI is InChI=1S/C20H23NO5/c1-12(2)15-7-5-6-8-17(15)21-19(23)13(3)26-20(24)16-10-9-14(25-4)11-18(16)22/h5-13,22H,1-4H3,(H,21,23)/t13-/m1/s1. The van der Waals surface area contributed by atoms with E-state index in [0.717, 1.165) is 5.56 Å². The quantitative estimate of drug-likeness (QED) is 0.770. The first-order chi connectivity index (χ1) is 12.3. The molecule has 0 aromatic heterocycles. The van der Waals surface area contributed by atoms with Crippen molar-refractivity contribution in [3.8, 4) is 11.5 Å². The van der Waals surface area contributed by atoms with Crippen LogP contribution in [-0.2, 0) is 9.53 Å². The molecule has 0 aliphatic rings. The molecule has 2 aromatic carbocycles. The van der Waals surface area contributed by atoms with Gasteiger partial charge in [-0.2, -0.15) is 0 Å². The molecule has 0 aliphatic carbocycles. The van der Waals surface area contributed by atoms with E-state index in [1.807, 2.05) is 32.0 Å². The smallest absolute Gasteiger partial charge is 0.342 e. The van der Waals surface area contributed by atoms with Crippen molar-refractivity contribution >= 4 is 17.6 Å². The molecule has 2 N–H and O–H groups in total. The summed E-state index contributed by atoms with van der Waals surface area (Å²) in [6.07, 6.45) is -1.02. The molecule has 0 heterocycles. The number of aromatic hydroxyl groups is 1. The molecule has 0 bridgehead atoms. The van der Waals surface area contributed by atoms with Crippen LogP contribution in [0.2, 0.25) is 0 Å². The second-order valence-electron chi connectivity index (χ2n) is 6.16. The predicted octanol–water partition coefficient (Wildman–Crippen LogP) is 3.71. The van der Waals surface area contributed by atoms with Crippen LogP contribution in [0.1, 0.15) is 42.6 Å². The average molecular weight is 357 g/mol. The topological polar surface area (TPSA) is 84.9 Å². The molecule has 0 radical (unpaired) electrons. The van der Waals surface area contributed by atoms with Gasteiger partial charge in [-0.05, 0) is 36.6 Å². The lowest BCUT2D eigenvalue weighted by molar-refractivity contribution is -0.123. The summed E-state index contributed by atoms with van der Waals surface area (Å²) < 4.78 is 10.1. The number of carbonyl (C=O) groups is 2. The summed E-state index contributed by atoms with van der Waals surface area (Å²) in [7, 11) is 1.45. The first-order valence-electron chi connectivity index (χ1n) is 8.31. The Morgan fingerprint density at radius 3 is 2.38 bits per heavy atom. The summed E-state index contributed by atoms with van der Waals surface area (Å²) >= 11 is 0. The van der Waals surface area contributed by atoms with Crippen LogP contribution in [0, 0.1) is 0 Å². The van der Waals surface area contributed by atoms with Gasteiger partial charge in [-0.1, -0.05) is 32.0 Å². The Bertz CT molecular complexity index is 801. The largest absolute Gasteiger partial charge is 0.507 e. The normalized spacial score (nSPS) is 11.7. The maximum atomic E-state index is 12.4. The van der Waals surface area contributed by atoms with E-state index >= 15 is 0 Å². The molecular formula is C20H23NO5. The van der Waals surface area contributed by atoms with E-state index in [4.69, 9.17) is 9.47 Å². The van der Waals surface area contributed by atoms with Gasteiger partial charge in [-0.3, -0.25) is 4.79 Å². The van der Waals surface area contributed by atoms with Gasteiger partial charge in [-0.15, -0.1) is 0 Å². The number of rotatable bonds is 6. The number of anilines is 1. The van der Waals surface area contributed by atoms with Crippen molar-refractivity contribution in [1.29, 1.82) is 0 Å². The number of benzene rings is 2. The van der Waals surface area contributed by atoms with Gasteiger partial charge in [0, 0.05) is 11.8 Å². The second kappa shape index (κ2) is 8.38. The summed E-state index contributed by atoms with van der Waals surface area (Å²) in [6.45, 7) is 5.54. The number of carbonyl (C=O) groups excluding carboxylic acids is 2. The number of phenols is 1. The van der Waals surface area contributed by atoms with Crippen molar-refractivity contribution in [2.45, 2.75) is 32.8 Å². The Morgan fingerprint density at radius 2 is 1.77 bits per heavy atom. The van der Waals surface area contributed by atoms with Crippen LogP contribution in [0.4, 0.5) is 5.69 Å². The average Bonchev–Trinajstić information content (AvgIpc) is 2.61. The maximum absolute atomic E-state index is 12.4. The second-order valence-corrected chi connectivity index (χ2v) is 6.16. The van der Waals surface area contributed by atoms with Crippen molar-refractivity contribution in [2.24, 2.45) is 0 Å². The van der Waals surface area contributed by atoms with Crippen molar-refractivity contribution in [3.05, 3.63) is 53.6 Å². The van der Waals surface area contributed by atoms with Gasteiger partial charge in [0.05, 0.1) is 7.11 Å². The summed E-state index contributed by atoms with van der Waals surface area (Å²) in [5, 5.41) is 12.7. The van der Waals surface area contributed by atoms with E-state index in [-0.39, 0.29) is 17.2 Å². The van der Waals surface area contributed by atoms with Crippen LogP contribution in [0.3, 0.4) is 0 Å². The van der Waals surface area contributed by atoms with Crippen molar-refractivity contribution in [1.82, 2.24) is 0 Å². The summed E-state index contributed by atoms with van der Waals surface area (Å²) in [5.41, 5.74) is 1.64. The van der Waals surface area contributed by atoms with Crippen LogP contribution in [0.25, 0.3) is 0 Å². The molecule has 0 saturated carbocycles. The van der Waals surface area contributed by atoms with E-state index in [9.17, 15) is 14.7 Å². The predicted molar refractivity (Wildman–Crippen MR) is 98.7 cm³/mol. The number of para-hydroxylation sites is 1. The van der Waals surface area contributed by atoms with Crippen molar-refractivity contribution in [2.75, 3.05) is 12.4 Å². The van der Waals surface area contributed by atoms with Gasteiger partial charge >= 0.3 is 5.97 Å². The van der Waals surface area contributed by atoms with Gasteiger partial charge in [0.15, 0.2) is 6.10 Å². The third kappa shape index (κ3) is 4.53. The van der Waals surface area contributed by atoms with E-state index in [2.05, 4.69) is 5.32 Å². The fourth-order valence-corrected chi connectivity index (χ4v) is 2.44. The van der Waals surface area contributed by atoms with Gasteiger partial charge < -0.3 is 19.9 Å². The van der Waals surface area contributed by atoms with E-state index in [0.29, 0.717) is 11.4 Å². The van der Waals surface area contributed by atoms with E-state index in [1.165, 1.54) is 32.2 Å². The molecule has 1 atom stereocenters. The number of methoxy groups -OCH3 is 1. The van der Waals surface area contributed by atoms with Gasteiger partial charge in [0.25, 0.3) is 5.91 Å². The lowest BCUT2D eigenvalue weighted by atomic mass is 10.0. The third-order valence-corrected chi connectivity index (χ3v) is 3.92. The molecule has 0 saturated heterocycles. The number of hydrogen-bond acceptors (Lipinski definition) is 5. The lowest BCUT2D eigenvalue weighted by Crippen LogP contribution is -2.30. The third-order valence-electron chi connectivity index (χ3n) is 3.92. The molecule has 0 unspecified atom stereocenters.